The zero-order valence-electron chi connectivity index (χ0n) is 13.5. The highest BCUT2D eigenvalue weighted by Gasteiger charge is 2.11. The van der Waals surface area contributed by atoms with Gasteiger partial charge in [-0.2, -0.15) is 5.10 Å². The molecule has 3 amide bonds. The Hall–Kier alpha value is -2.83. The van der Waals surface area contributed by atoms with Crippen LogP contribution < -0.4 is 16.0 Å². The monoisotopic (exact) mass is 315 g/mol. The molecule has 0 atom stereocenters. The summed E-state index contributed by atoms with van der Waals surface area (Å²) in [6, 6.07) is 9.01. The van der Waals surface area contributed by atoms with Gasteiger partial charge in [-0.3, -0.25) is 10.1 Å². The van der Waals surface area contributed by atoms with E-state index in [1.165, 1.54) is 0 Å². The molecule has 2 rings (SSSR count). The van der Waals surface area contributed by atoms with Gasteiger partial charge in [0, 0.05) is 12.1 Å². The average Bonchev–Trinajstić information content (AvgIpc) is 2.93. The van der Waals surface area contributed by atoms with Crippen LogP contribution in [-0.4, -0.2) is 34.3 Å². The van der Waals surface area contributed by atoms with E-state index in [1.807, 2.05) is 45.0 Å². The third-order valence-electron chi connectivity index (χ3n) is 3.09. The summed E-state index contributed by atoms with van der Waals surface area (Å²) in [7, 11) is 0. The third kappa shape index (κ3) is 4.57. The number of aryl methyl sites for hydroxylation is 1. The molecule has 122 valence electrons. The molecule has 0 saturated heterocycles. The van der Waals surface area contributed by atoms with Gasteiger partial charge in [-0.05, 0) is 32.4 Å². The molecule has 7 nitrogen and oxygen atoms in total. The van der Waals surface area contributed by atoms with Gasteiger partial charge in [-0.25, -0.2) is 9.48 Å². The molecule has 0 aliphatic heterocycles. The summed E-state index contributed by atoms with van der Waals surface area (Å²) in [6.07, 6.45) is 1.60. The van der Waals surface area contributed by atoms with E-state index in [9.17, 15) is 9.59 Å². The van der Waals surface area contributed by atoms with Crippen LogP contribution in [0.2, 0.25) is 0 Å². The van der Waals surface area contributed by atoms with Crippen LogP contribution in [0.15, 0.2) is 36.5 Å². The molecule has 1 heterocycles. The second kappa shape index (κ2) is 7.44. The molecule has 0 unspecified atom stereocenters. The number of benzene rings is 1. The molecule has 1 aromatic carbocycles. The first-order chi connectivity index (χ1) is 11.0. The Kier molecular flexibility index (Phi) is 5.35. The van der Waals surface area contributed by atoms with E-state index >= 15 is 0 Å². The maximum Gasteiger partial charge on any atom is 0.320 e. The second-order valence-corrected chi connectivity index (χ2v) is 5.44. The number of aromatic nitrogens is 2. The van der Waals surface area contributed by atoms with E-state index in [0.29, 0.717) is 5.82 Å². The first-order valence-corrected chi connectivity index (χ1v) is 7.41. The molecule has 23 heavy (non-hydrogen) atoms. The SMILES string of the molecule is Cc1ccccc1-n1nccc1NC(=O)NCC(=O)NC(C)C. The largest absolute Gasteiger partial charge is 0.352 e. The van der Waals surface area contributed by atoms with Crippen LogP contribution in [0.5, 0.6) is 0 Å². The van der Waals surface area contributed by atoms with Crippen LogP contribution in [0.4, 0.5) is 10.6 Å². The van der Waals surface area contributed by atoms with Crippen molar-refractivity contribution in [2.24, 2.45) is 0 Å². The van der Waals surface area contributed by atoms with Crippen LogP contribution in [-0.2, 0) is 4.79 Å². The molecule has 1 aromatic heterocycles. The van der Waals surface area contributed by atoms with E-state index in [-0.39, 0.29) is 18.5 Å². The maximum atomic E-state index is 11.9. The van der Waals surface area contributed by atoms with Gasteiger partial charge in [0.2, 0.25) is 5.91 Å². The fourth-order valence-electron chi connectivity index (χ4n) is 2.09. The first kappa shape index (κ1) is 16.5. The molecular formula is C16H21N5O2. The number of amides is 3. The normalized spacial score (nSPS) is 10.4. The minimum atomic E-state index is -0.459. The van der Waals surface area contributed by atoms with Gasteiger partial charge in [0.25, 0.3) is 0 Å². The van der Waals surface area contributed by atoms with Gasteiger partial charge >= 0.3 is 6.03 Å². The van der Waals surface area contributed by atoms with Crippen molar-refractivity contribution in [2.45, 2.75) is 26.8 Å². The summed E-state index contributed by atoms with van der Waals surface area (Å²) < 4.78 is 1.64. The van der Waals surface area contributed by atoms with Crippen LogP contribution in [0, 0.1) is 6.92 Å². The van der Waals surface area contributed by atoms with Crippen LogP contribution in [0.25, 0.3) is 5.69 Å². The summed E-state index contributed by atoms with van der Waals surface area (Å²) in [5, 5.41) is 12.1. The molecule has 0 fully saturated rings. The van der Waals surface area contributed by atoms with Gasteiger partial charge in [0.15, 0.2) is 0 Å². The van der Waals surface area contributed by atoms with Crippen molar-refractivity contribution in [3.05, 3.63) is 42.1 Å². The van der Waals surface area contributed by atoms with Gasteiger partial charge in [0.1, 0.15) is 5.82 Å². The lowest BCUT2D eigenvalue weighted by molar-refractivity contribution is -0.120. The Bertz CT molecular complexity index is 693. The van der Waals surface area contributed by atoms with Crippen molar-refractivity contribution >= 4 is 17.8 Å². The summed E-state index contributed by atoms with van der Waals surface area (Å²) in [5.74, 6) is 0.295. The van der Waals surface area contributed by atoms with Crippen molar-refractivity contribution in [3.63, 3.8) is 0 Å². The molecule has 3 N–H and O–H groups in total. The van der Waals surface area contributed by atoms with Crippen LogP contribution in [0.3, 0.4) is 0 Å². The molecule has 0 aliphatic carbocycles. The van der Waals surface area contributed by atoms with Gasteiger partial charge in [-0.1, -0.05) is 18.2 Å². The Morgan fingerprint density at radius 2 is 1.96 bits per heavy atom. The van der Waals surface area contributed by atoms with Crippen molar-refractivity contribution in [2.75, 3.05) is 11.9 Å². The average molecular weight is 315 g/mol. The smallest absolute Gasteiger partial charge is 0.320 e. The predicted octanol–water partition coefficient (Wildman–Crippen LogP) is 1.83. The molecule has 0 bridgehead atoms. The Morgan fingerprint density at radius 1 is 1.22 bits per heavy atom. The van der Waals surface area contributed by atoms with E-state index in [2.05, 4.69) is 21.0 Å². The highest BCUT2D eigenvalue weighted by molar-refractivity contribution is 5.91. The second-order valence-electron chi connectivity index (χ2n) is 5.44. The summed E-state index contributed by atoms with van der Waals surface area (Å²) >= 11 is 0. The highest BCUT2D eigenvalue weighted by Crippen LogP contribution is 2.17. The molecular weight excluding hydrogens is 294 g/mol. The van der Waals surface area contributed by atoms with E-state index in [0.717, 1.165) is 11.3 Å². The minimum Gasteiger partial charge on any atom is -0.352 e. The topological polar surface area (TPSA) is 88.1 Å². The summed E-state index contributed by atoms with van der Waals surface area (Å²) in [4.78, 5) is 23.4. The van der Waals surface area contributed by atoms with Crippen molar-refractivity contribution in [1.82, 2.24) is 20.4 Å². The number of hydrogen-bond acceptors (Lipinski definition) is 3. The van der Waals surface area contributed by atoms with Gasteiger partial charge < -0.3 is 10.6 Å². The van der Waals surface area contributed by atoms with E-state index in [1.54, 1.807) is 16.9 Å². The zero-order valence-corrected chi connectivity index (χ0v) is 13.5. The maximum absolute atomic E-state index is 11.9. The number of nitrogens with one attached hydrogen (secondary N) is 3. The quantitative estimate of drug-likeness (QED) is 0.786. The van der Waals surface area contributed by atoms with Gasteiger partial charge in [0.05, 0.1) is 18.4 Å². The Morgan fingerprint density at radius 3 is 2.65 bits per heavy atom. The standard InChI is InChI=1S/C16H21N5O2/c1-11(2)19-15(22)10-17-16(23)20-14-8-9-18-21(14)13-7-5-4-6-12(13)3/h4-9,11H,10H2,1-3H3,(H,19,22)(H2,17,20,23). The highest BCUT2D eigenvalue weighted by atomic mass is 16.2. The summed E-state index contributed by atoms with van der Waals surface area (Å²) in [6.45, 7) is 5.61. The number of para-hydroxylation sites is 1. The molecule has 0 radical (unpaired) electrons. The number of carbonyl (C=O) groups excluding carboxylic acids is 2. The Labute approximate surface area is 135 Å². The lowest BCUT2D eigenvalue weighted by Crippen LogP contribution is -2.41. The molecule has 0 saturated carbocycles. The number of urea groups is 1. The lowest BCUT2D eigenvalue weighted by atomic mass is 10.2. The molecule has 0 spiro atoms. The third-order valence-corrected chi connectivity index (χ3v) is 3.09. The number of carbonyl (C=O) groups is 2. The molecule has 7 heteroatoms. The van der Waals surface area contributed by atoms with Crippen molar-refractivity contribution in [3.8, 4) is 5.69 Å². The minimum absolute atomic E-state index is 0.0369. The summed E-state index contributed by atoms with van der Waals surface area (Å²) in [5.41, 5.74) is 1.92. The van der Waals surface area contributed by atoms with Crippen LogP contribution in [0.1, 0.15) is 19.4 Å². The molecule has 2 aromatic rings. The predicted molar refractivity (Wildman–Crippen MR) is 88.6 cm³/mol. The fourth-order valence-corrected chi connectivity index (χ4v) is 2.09. The van der Waals surface area contributed by atoms with E-state index in [4.69, 9.17) is 0 Å². The number of hydrogen-bond donors (Lipinski definition) is 3. The number of anilines is 1. The van der Waals surface area contributed by atoms with E-state index < -0.39 is 6.03 Å². The number of rotatable bonds is 5. The Balaban J connectivity index is 1.99. The van der Waals surface area contributed by atoms with Gasteiger partial charge in [-0.15, -0.1) is 0 Å². The fraction of sp³-hybridized carbons (Fsp3) is 0.312. The lowest BCUT2D eigenvalue weighted by Gasteiger charge is -2.12. The first-order valence-electron chi connectivity index (χ1n) is 7.41. The van der Waals surface area contributed by atoms with Crippen molar-refractivity contribution < 1.29 is 9.59 Å². The molecule has 0 aliphatic rings. The van der Waals surface area contributed by atoms with Crippen LogP contribution >= 0.6 is 0 Å². The number of nitrogens with zero attached hydrogens (tertiary/aromatic N) is 2. The zero-order chi connectivity index (χ0) is 16.8. The van der Waals surface area contributed by atoms with Crippen molar-refractivity contribution in [1.29, 1.82) is 0 Å².